The Balaban J connectivity index is 2.07. The summed E-state index contributed by atoms with van der Waals surface area (Å²) in [7, 11) is 4.08. The third-order valence-electron chi connectivity index (χ3n) is 3.21. The highest BCUT2D eigenvalue weighted by molar-refractivity contribution is 5.47. The molecule has 0 bridgehead atoms. The number of anilines is 1. The Morgan fingerprint density at radius 1 is 1.05 bits per heavy atom. The monoisotopic (exact) mass is 270 g/mol. The van der Waals surface area contributed by atoms with Crippen LogP contribution in [0.25, 0.3) is 0 Å². The predicted octanol–water partition coefficient (Wildman–Crippen LogP) is 2.83. The second-order valence-corrected chi connectivity index (χ2v) is 5.00. The van der Waals surface area contributed by atoms with Crippen LogP contribution in [0.2, 0.25) is 0 Å². The van der Waals surface area contributed by atoms with Crippen molar-refractivity contribution in [2.45, 2.75) is 13.0 Å². The second-order valence-electron chi connectivity index (χ2n) is 5.00. The van der Waals surface area contributed by atoms with Gasteiger partial charge in [0.15, 0.2) is 0 Å². The first kappa shape index (κ1) is 14.4. The van der Waals surface area contributed by atoms with Crippen molar-refractivity contribution in [3.8, 4) is 5.75 Å². The van der Waals surface area contributed by atoms with E-state index in [-0.39, 0.29) is 0 Å². The molecule has 2 N–H and O–H groups in total. The summed E-state index contributed by atoms with van der Waals surface area (Å²) in [5, 5.41) is 0. The maximum atomic E-state index is 5.94. The number of nitrogens with zero attached hydrogens (tertiary/aromatic N) is 1. The van der Waals surface area contributed by atoms with Gasteiger partial charge in [0.2, 0.25) is 0 Å². The van der Waals surface area contributed by atoms with Gasteiger partial charge in [-0.1, -0.05) is 30.3 Å². The fourth-order valence-electron chi connectivity index (χ4n) is 2.09. The molecule has 0 saturated carbocycles. The van der Waals surface area contributed by atoms with E-state index in [0.29, 0.717) is 13.2 Å². The fourth-order valence-corrected chi connectivity index (χ4v) is 2.09. The lowest BCUT2D eigenvalue weighted by molar-refractivity contribution is 0.303. The fraction of sp³-hybridized carbons (Fsp3) is 0.294. The molecule has 0 aromatic heterocycles. The normalized spacial score (nSPS) is 10.3. The van der Waals surface area contributed by atoms with E-state index >= 15 is 0 Å². The van der Waals surface area contributed by atoms with Crippen LogP contribution in [0.15, 0.2) is 48.5 Å². The van der Waals surface area contributed by atoms with Gasteiger partial charge in [0.05, 0.1) is 0 Å². The highest BCUT2D eigenvalue weighted by Crippen LogP contribution is 2.20. The summed E-state index contributed by atoms with van der Waals surface area (Å²) in [6.45, 7) is 1.21. The van der Waals surface area contributed by atoms with Gasteiger partial charge in [-0.3, -0.25) is 0 Å². The van der Waals surface area contributed by atoms with E-state index in [1.165, 1.54) is 16.8 Å². The summed E-state index contributed by atoms with van der Waals surface area (Å²) < 4.78 is 5.94. The van der Waals surface area contributed by atoms with Crippen LogP contribution in [0.5, 0.6) is 5.75 Å². The van der Waals surface area contributed by atoms with E-state index in [1.54, 1.807) is 0 Å². The summed E-state index contributed by atoms with van der Waals surface area (Å²) in [6.07, 6.45) is 0.841. The van der Waals surface area contributed by atoms with Crippen LogP contribution < -0.4 is 15.4 Å². The standard InChI is InChI=1S/C17H22N2O/c1-19(2)16-8-5-6-14(12-16)13-20-17-9-4-3-7-15(17)10-11-18/h3-9,12H,10-11,13,18H2,1-2H3. The van der Waals surface area contributed by atoms with Gasteiger partial charge in [0, 0.05) is 19.8 Å². The van der Waals surface area contributed by atoms with Gasteiger partial charge in [-0.15, -0.1) is 0 Å². The Morgan fingerprint density at radius 2 is 1.85 bits per heavy atom. The molecule has 0 saturated heterocycles. The highest BCUT2D eigenvalue weighted by atomic mass is 16.5. The third kappa shape index (κ3) is 3.75. The van der Waals surface area contributed by atoms with Gasteiger partial charge >= 0.3 is 0 Å². The lowest BCUT2D eigenvalue weighted by Gasteiger charge is -2.15. The topological polar surface area (TPSA) is 38.5 Å². The SMILES string of the molecule is CN(C)c1cccc(COc2ccccc2CCN)c1. The predicted molar refractivity (Wildman–Crippen MR) is 84.3 cm³/mol. The maximum absolute atomic E-state index is 5.94. The van der Waals surface area contributed by atoms with Crippen molar-refractivity contribution in [2.75, 3.05) is 25.5 Å². The molecule has 0 amide bonds. The zero-order valence-electron chi connectivity index (χ0n) is 12.2. The van der Waals surface area contributed by atoms with Gasteiger partial charge in [-0.2, -0.15) is 0 Å². The molecule has 2 aromatic rings. The molecule has 3 heteroatoms. The number of ether oxygens (including phenoxy) is 1. The summed E-state index contributed by atoms with van der Waals surface area (Å²) >= 11 is 0. The molecule has 0 heterocycles. The number of benzene rings is 2. The first-order valence-electron chi connectivity index (χ1n) is 6.87. The van der Waals surface area contributed by atoms with Gasteiger partial charge in [-0.05, 0) is 42.3 Å². The summed E-state index contributed by atoms with van der Waals surface area (Å²) in [6, 6.07) is 16.4. The Bertz CT molecular complexity index is 552. The number of nitrogens with two attached hydrogens (primary N) is 1. The van der Waals surface area contributed by atoms with Crippen molar-refractivity contribution in [3.63, 3.8) is 0 Å². The van der Waals surface area contributed by atoms with Gasteiger partial charge < -0.3 is 15.4 Å². The van der Waals surface area contributed by atoms with Crippen LogP contribution in [0.4, 0.5) is 5.69 Å². The first-order valence-corrected chi connectivity index (χ1v) is 6.87. The van der Waals surface area contributed by atoms with E-state index < -0.39 is 0 Å². The van der Waals surface area contributed by atoms with Crippen LogP contribution >= 0.6 is 0 Å². The van der Waals surface area contributed by atoms with Crippen molar-refractivity contribution in [3.05, 3.63) is 59.7 Å². The lowest BCUT2D eigenvalue weighted by Crippen LogP contribution is -2.09. The van der Waals surface area contributed by atoms with E-state index in [1.807, 2.05) is 32.3 Å². The zero-order chi connectivity index (χ0) is 14.4. The highest BCUT2D eigenvalue weighted by Gasteiger charge is 2.03. The minimum atomic E-state index is 0.573. The molecule has 2 aromatic carbocycles. The average Bonchev–Trinajstić information content (AvgIpc) is 2.47. The molecule has 20 heavy (non-hydrogen) atoms. The molecule has 0 spiro atoms. The molecule has 0 aliphatic heterocycles. The van der Waals surface area contributed by atoms with E-state index in [9.17, 15) is 0 Å². The largest absolute Gasteiger partial charge is 0.489 e. The van der Waals surface area contributed by atoms with Crippen molar-refractivity contribution in [1.29, 1.82) is 0 Å². The third-order valence-corrected chi connectivity index (χ3v) is 3.21. The van der Waals surface area contributed by atoms with Crippen LogP contribution in [0, 0.1) is 0 Å². The molecular formula is C17H22N2O. The average molecular weight is 270 g/mol. The molecule has 3 nitrogen and oxygen atoms in total. The number of para-hydroxylation sites is 1. The van der Waals surface area contributed by atoms with Crippen molar-refractivity contribution in [2.24, 2.45) is 5.73 Å². The smallest absolute Gasteiger partial charge is 0.123 e. The van der Waals surface area contributed by atoms with Gasteiger partial charge in [-0.25, -0.2) is 0 Å². The molecule has 0 aliphatic rings. The number of hydrogen-bond acceptors (Lipinski definition) is 3. The first-order chi connectivity index (χ1) is 9.70. The van der Waals surface area contributed by atoms with Crippen LogP contribution in [-0.2, 0) is 13.0 Å². The van der Waals surface area contributed by atoms with Gasteiger partial charge in [0.1, 0.15) is 12.4 Å². The number of rotatable bonds is 6. The molecule has 0 fully saturated rings. The molecule has 0 radical (unpaired) electrons. The summed E-state index contributed by atoms with van der Waals surface area (Å²) in [5.74, 6) is 0.924. The molecule has 2 rings (SSSR count). The van der Waals surface area contributed by atoms with Gasteiger partial charge in [0.25, 0.3) is 0 Å². The van der Waals surface area contributed by atoms with Crippen LogP contribution in [0.3, 0.4) is 0 Å². The van der Waals surface area contributed by atoms with Crippen molar-refractivity contribution < 1.29 is 4.74 Å². The van der Waals surface area contributed by atoms with E-state index in [2.05, 4.69) is 35.2 Å². The Morgan fingerprint density at radius 3 is 2.60 bits per heavy atom. The van der Waals surface area contributed by atoms with Crippen molar-refractivity contribution in [1.82, 2.24) is 0 Å². The van der Waals surface area contributed by atoms with E-state index in [4.69, 9.17) is 10.5 Å². The lowest BCUT2D eigenvalue weighted by atomic mass is 10.1. The Kier molecular flexibility index (Phi) is 5.02. The molecule has 106 valence electrons. The van der Waals surface area contributed by atoms with Crippen LogP contribution in [-0.4, -0.2) is 20.6 Å². The number of hydrogen-bond donors (Lipinski definition) is 1. The molecule has 0 unspecified atom stereocenters. The van der Waals surface area contributed by atoms with Crippen LogP contribution in [0.1, 0.15) is 11.1 Å². The second kappa shape index (κ2) is 6.96. The molecule has 0 atom stereocenters. The molecule has 0 aliphatic carbocycles. The summed E-state index contributed by atoms with van der Waals surface area (Å²) in [5.41, 5.74) is 9.14. The maximum Gasteiger partial charge on any atom is 0.123 e. The Hall–Kier alpha value is -2.00. The zero-order valence-corrected chi connectivity index (χ0v) is 12.2. The molecular weight excluding hydrogens is 248 g/mol. The quantitative estimate of drug-likeness (QED) is 0.877. The Labute approximate surface area is 121 Å². The van der Waals surface area contributed by atoms with Crippen molar-refractivity contribution >= 4 is 5.69 Å². The minimum absolute atomic E-state index is 0.573. The minimum Gasteiger partial charge on any atom is -0.489 e. The summed E-state index contributed by atoms with van der Waals surface area (Å²) in [4.78, 5) is 2.09. The van der Waals surface area contributed by atoms with E-state index in [0.717, 1.165) is 12.2 Å².